The van der Waals surface area contributed by atoms with E-state index in [1.54, 1.807) is 4.90 Å². The van der Waals surface area contributed by atoms with Crippen molar-refractivity contribution in [1.29, 1.82) is 0 Å². The number of urea groups is 1. The second-order valence-corrected chi connectivity index (χ2v) is 5.59. The summed E-state index contributed by atoms with van der Waals surface area (Å²) in [6.45, 7) is 10.0. The van der Waals surface area contributed by atoms with Gasteiger partial charge < -0.3 is 16.0 Å². The standard InChI is InChI=1S/C12H24N4O2/c1-12(2,3)16-8-6-15(7-9-16)11(18)14-5-4-10(13)17/h4-9H2,1-3H3,(H2,13,17)(H,14,18). The molecule has 0 atom stereocenters. The molecule has 1 aliphatic rings. The molecule has 104 valence electrons. The van der Waals surface area contributed by atoms with E-state index < -0.39 is 5.91 Å². The normalized spacial score (nSPS) is 17.6. The van der Waals surface area contributed by atoms with Crippen molar-refractivity contribution in [3.8, 4) is 0 Å². The van der Waals surface area contributed by atoms with Crippen LogP contribution in [0.15, 0.2) is 0 Å². The predicted octanol–water partition coefficient (Wildman–Crippen LogP) is -0.0125. The molecule has 1 fully saturated rings. The molecule has 3 amide bonds. The molecule has 1 saturated heterocycles. The van der Waals surface area contributed by atoms with Crippen molar-refractivity contribution in [2.75, 3.05) is 32.7 Å². The Hall–Kier alpha value is -1.30. The van der Waals surface area contributed by atoms with Gasteiger partial charge in [-0.1, -0.05) is 0 Å². The number of piperazine rings is 1. The molecule has 1 aliphatic heterocycles. The molecular formula is C12H24N4O2. The second kappa shape index (κ2) is 6.04. The molecule has 0 radical (unpaired) electrons. The highest BCUT2D eigenvalue weighted by Crippen LogP contribution is 2.15. The SMILES string of the molecule is CC(C)(C)N1CCN(C(=O)NCCC(N)=O)CC1. The zero-order valence-corrected chi connectivity index (χ0v) is 11.5. The Morgan fingerprint density at radius 3 is 2.17 bits per heavy atom. The van der Waals surface area contributed by atoms with Crippen LogP contribution in [0, 0.1) is 0 Å². The number of rotatable bonds is 3. The summed E-state index contributed by atoms with van der Waals surface area (Å²) in [7, 11) is 0. The summed E-state index contributed by atoms with van der Waals surface area (Å²) in [4.78, 5) is 26.5. The predicted molar refractivity (Wildman–Crippen MR) is 70.1 cm³/mol. The first-order valence-corrected chi connectivity index (χ1v) is 6.37. The largest absolute Gasteiger partial charge is 0.370 e. The van der Waals surface area contributed by atoms with Gasteiger partial charge in [-0.25, -0.2) is 4.79 Å². The number of primary amides is 1. The van der Waals surface area contributed by atoms with E-state index in [4.69, 9.17) is 5.73 Å². The molecule has 3 N–H and O–H groups in total. The highest BCUT2D eigenvalue weighted by atomic mass is 16.2. The Kier molecular flexibility index (Phi) is 4.95. The van der Waals surface area contributed by atoms with E-state index in [9.17, 15) is 9.59 Å². The van der Waals surface area contributed by atoms with Gasteiger partial charge in [-0.05, 0) is 20.8 Å². The van der Waals surface area contributed by atoms with Crippen LogP contribution in [0.25, 0.3) is 0 Å². The lowest BCUT2D eigenvalue weighted by Gasteiger charge is -2.42. The fourth-order valence-corrected chi connectivity index (χ4v) is 1.98. The molecule has 0 aromatic carbocycles. The van der Waals surface area contributed by atoms with Gasteiger partial charge in [0.2, 0.25) is 5.91 Å². The molecule has 0 aromatic heterocycles. The van der Waals surface area contributed by atoms with E-state index in [1.165, 1.54) is 0 Å². The maximum atomic E-state index is 11.8. The van der Waals surface area contributed by atoms with Crippen LogP contribution >= 0.6 is 0 Å². The second-order valence-electron chi connectivity index (χ2n) is 5.59. The minimum atomic E-state index is -0.396. The van der Waals surface area contributed by atoms with E-state index in [1.807, 2.05) is 0 Å². The molecule has 0 aromatic rings. The summed E-state index contributed by atoms with van der Waals surface area (Å²) in [6.07, 6.45) is 0.188. The molecule has 0 aliphatic carbocycles. The van der Waals surface area contributed by atoms with Crippen molar-refractivity contribution >= 4 is 11.9 Å². The molecule has 0 saturated carbocycles. The van der Waals surface area contributed by atoms with E-state index in [0.29, 0.717) is 6.54 Å². The van der Waals surface area contributed by atoms with Gasteiger partial charge in [-0.3, -0.25) is 9.69 Å². The van der Waals surface area contributed by atoms with Gasteiger partial charge in [0.05, 0.1) is 0 Å². The van der Waals surface area contributed by atoms with Crippen LogP contribution in [-0.2, 0) is 4.79 Å². The van der Waals surface area contributed by atoms with E-state index in [-0.39, 0.29) is 18.0 Å². The number of nitrogens with zero attached hydrogens (tertiary/aromatic N) is 2. The number of carbonyl (C=O) groups is 2. The molecular weight excluding hydrogens is 232 g/mol. The van der Waals surface area contributed by atoms with E-state index in [2.05, 4.69) is 31.0 Å². The molecule has 1 heterocycles. The topological polar surface area (TPSA) is 78.7 Å². The third-order valence-electron chi connectivity index (χ3n) is 3.16. The molecule has 1 rings (SSSR count). The number of hydrogen-bond acceptors (Lipinski definition) is 3. The van der Waals surface area contributed by atoms with E-state index in [0.717, 1.165) is 26.2 Å². The van der Waals surface area contributed by atoms with Gasteiger partial charge in [-0.2, -0.15) is 0 Å². The van der Waals surface area contributed by atoms with Crippen LogP contribution in [0.5, 0.6) is 0 Å². The number of amides is 3. The Bertz CT molecular complexity index is 304. The van der Waals surface area contributed by atoms with Gasteiger partial charge in [0.25, 0.3) is 0 Å². The van der Waals surface area contributed by atoms with Crippen molar-refractivity contribution in [3.05, 3.63) is 0 Å². The van der Waals surface area contributed by atoms with Crippen molar-refractivity contribution in [2.45, 2.75) is 32.7 Å². The molecule has 6 heteroatoms. The Balaban J connectivity index is 2.30. The zero-order valence-electron chi connectivity index (χ0n) is 11.5. The lowest BCUT2D eigenvalue weighted by molar-refractivity contribution is -0.117. The number of nitrogens with two attached hydrogens (primary N) is 1. The minimum absolute atomic E-state index is 0.107. The van der Waals surface area contributed by atoms with Crippen LogP contribution in [0.2, 0.25) is 0 Å². The van der Waals surface area contributed by atoms with Crippen molar-refractivity contribution in [2.24, 2.45) is 5.73 Å². The van der Waals surface area contributed by atoms with Gasteiger partial charge >= 0.3 is 6.03 Å². The summed E-state index contributed by atoms with van der Waals surface area (Å²) in [5, 5.41) is 2.70. The van der Waals surface area contributed by atoms with Crippen molar-refractivity contribution in [1.82, 2.24) is 15.1 Å². The summed E-state index contributed by atoms with van der Waals surface area (Å²) in [5.74, 6) is -0.396. The Morgan fingerprint density at radius 1 is 1.17 bits per heavy atom. The number of carbonyl (C=O) groups excluding carboxylic acids is 2. The van der Waals surface area contributed by atoms with Gasteiger partial charge in [0.1, 0.15) is 0 Å². The maximum absolute atomic E-state index is 11.8. The summed E-state index contributed by atoms with van der Waals surface area (Å²) >= 11 is 0. The van der Waals surface area contributed by atoms with Crippen molar-refractivity contribution in [3.63, 3.8) is 0 Å². The van der Waals surface area contributed by atoms with Crippen LogP contribution in [0.1, 0.15) is 27.2 Å². The van der Waals surface area contributed by atoms with Crippen LogP contribution in [-0.4, -0.2) is 60.0 Å². The zero-order chi connectivity index (χ0) is 13.8. The average molecular weight is 256 g/mol. The summed E-state index contributed by atoms with van der Waals surface area (Å²) < 4.78 is 0. The minimum Gasteiger partial charge on any atom is -0.370 e. The van der Waals surface area contributed by atoms with Crippen LogP contribution in [0.4, 0.5) is 4.79 Å². The monoisotopic (exact) mass is 256 g/mol. The molecule has 6 nitrogen and oxygen atoms in total. The number of nitrogens with one attached hydrogen (secondary N) is 1. The Morgan fingerprint density at radius 2 is 1.72 bits per heavy atom. The van der Waals surface area contributed by atoms with Gasteiger partial charge in [0, 0.05) is 44.7 Å². The smallest absolute Gasteiger partial charge is 0.317 e. The summed E-state index contributed by atoms with van der Waals surface area (Å²) in [6, 6.07) is -0.107. The highest BCUT2D eigenvalue weighted by Gasteiger charge is 2.27. The first-order valence-electron chi connectivity index (χ1n) is 6.37. The lowest BCUT2D eigenvalue weighted by Crippen LogP contribution is -2.56. The third-order valence-corrected chi connectivity index (χ3v) is 3.16. The first-order chi connectivity index (χ1) is 8.30. The molecule has 0 unspecified atom stereocenters. The van der Waals surface area contributed by atoms with E-state index >= 15 is 0 Å². The maximum Gasteiger partial charge on any atom is 0.317 e. The molecule has 18 heavy (non-hydrogen) atoms. The quantitative estimate of drug-likeness (QED) is 0.745. The molecule has 0 spiro atoms. The fraction of sp³-hybridized carbons (Fsp3) is 0.833. The summed E-state index contributed by atoms with van der Waals surface area (Å²) in [5.41, 5.74) is 5.16. The first kappa shape index (κ1) is 14.8. The average Bonchev–Trinajstić information content (AvgIpc) is 2.27. The van der Waals surface area contributed by atoms with Crippen molar-refractivity contribution < 1.29 is 9.59 Å². The van der Waals surface area contributed by atoms with Gasteiger partial charge in [-0.15, -0.1) is 0 Å². The van der Waals surface area contributed by atoms with Crippen LogP contribution in [0.3, 0.4) is 0 Å². The number of hydrogen-bond donors (Lipinski definition) is 2. The molecule has 0 bridgehead atoms. The third kappa shape index (κ3) is 4.52. The lowest BCUT2D eigenvalue weighted by atomic mass is 10.1. The van der Waals surface area contributed by atoms with Crippen LogP contribution < -0.4 is 11.1 Å². The Labute approximate surface area is 108 Å². The highest BCUT2D eigenvalue weighted by molar-refractivity contribution is 5.77. The fourth-order valence-electron chi connectivity index (χ4n) is 1.98. The van der Waals surface area contributed by atoms with Gasteiger partial charge in [0.15, 0.2) is 0 Å².